The van der Waals surface area contributed by atoms with E-state index in [1.807, 2.05) is 12.1 Å². The summed E-state index contributed by atoms with van der Waals surface area (Å²) in [4.78, 5) is 22.6. The van der Waals surface area contributed by atoms with Crippen LogP contribution < -0.4 is 10.1 Å². The average Bonchev–Trinajstić information content (AvgIpc) is 2.57. The molecular weight excluding hydrogens is 325 g/mol. The number of benzene rings is 2. The Bertz CT molecular complexity index is 744. The first kappa shape index (κ1) is 18.4. The molecule has 25 heavy (non-hydrogen) atoms. The summed E-state index contributed by atoms with van der Waals surface area (Å²) in [6.45, 7) is 2.37. The number of rotatable bonds is 8. The molecule has 0 spiro atoms. The predicted octanol–water partition coefficient (Wildman–Crippen LogP) is 3.31. The highest BCUT2D eigenvalue weighted by Crippen LogP contribution is 2.14. The molecule has 0 unspecified atom stereocenters. The standard InChI is InChI=1S/C19H20FNO4/c1-13-11-15(20)6-9-17(13)19(24)21-12-14-4-7-16(8-5-14)25-10-2-3-18(22)23/h4-9,11H,2-3,10,12H2,1H3,(H,21,24)(H,22,23). The summed E-state index contributed by atoms with van der Waals surface area (Å²) in [6, 6.07) is 11.2. The van der Waals surface area contributed by atoms with Crippen LogP contribution in [0.2, 0.25) is 0 Å². The molecule has 0 saturated carbocycles. The van der Waals surface area contributed by atoms with Crippen LogP contribution in [0.3, 0.4) is 0 Å². The zero-order chi connectivity index (χ0) is 18.2. The highest BCUT2D eigenvalue weighted by Gasteiger charge is 2.09. The number of hydrogen-bond acceptors (Lipinski definition) is 3. The number of carbonyl (C=O) groups excluding carboxylic acids is 1. The lowest BCUT2D eigenvalue weighted by molar-refractivity contribution is -0.137. The lowest BCUT2D eigenvalue weighted by Crippen LogP contribution is -2.23. The van der Waals surface area contributed by atoms with E-state index < -0.39 is 5.97 Å². The maximum atomic E-state index is 13.1. The number of amides is 1. The second-order valence-electron chi connectivity index (χ2n) is 5.63. The predicted molar refractivity (Wildman–Crippen MR) is 91.1 cm³/mol. The number of ether oxygens (including phenoxy) is 1. The molecule has 0 bridgehead atoms. The highest BCUT2D eigenvalue weighted by molar-refractivity contribution is 5.95. The molecule has 6 heteroatoms. The van der Waals surface area contributed by atoms with Gasteiger partial charge in [-0.1, -0.05) is 12.1 Å². The van der Waals surface area contributed by atoms with Crippen LogP contribution in [0.15, 0.2) is 42.5 Å². The number of carboxylic acids is 1. The molecule has 0 aliphatic heterocycles. The lowest BCUT2D eigenvalue weighted by Gasteiger charge is -2.09. The molecule has 0 heterocycles. The Morgan fingerprint density at radius 2 is 1.88 bits per heavy atom. The largest absolute Gasteiger partial charge is 0.494 e. The van der Waals surface area contributed by atoms with Crippen molar-refractivity contribution < 1.29 is 23.8 Å². The van der Waals surface area contributed by atoms with Crippen molar-refractivity contribution in [1.82, 2.24) is 5.32 Å². The molecule has 2 aromatic carbocycles. The van der Waals surface area contributed by atoms with E-state index in [9.17, 15) is 14.0 Å². The summed E-state index contributed by atoms with van der Waals surface area (Å²) in [5.74, 6) is -0.819. The first-order chi connectivity index (χ1) is 12.0. The summed E-state index contributed by atoms with van der Waals surface area (Å²) in [5, 5.41) is 11.3. The van der Waals surface area contributed by atoms with Gasteiger partial charge in [0.25, 0.3) is 5.91 Å². The van der Waals surface area contributed by atoms with Crippen molar-refractivity contribution in [3.05, 3.63) is 65.0 Å². The molecule has 5 nitrogen and oxygen atoms in total. The van der Waals surface area contributed by atoms with Crippen molar-refractivity contribution in [3.63, 3.8) is 0 Å². The number of carbonyl (C=O) groups is 2. The van der Waals surface area contributed by atoms with Crippen molar-refractivity contribution in [2.45, 2.75) is 26.3 Å². The van der Waals surface area contributed by atoms with Gasteiger partial charge >= 0.3 is 5.97 Å². The van der Waals surface area contributed by atoms with Crippen LogP contribution in [0.1, 0.15) is 34.3 Å². The summed E-state index contributed by atoms with van der Waals surface area (Å²) in [6.07, 6.45) is 0.525. The Morgan fingerprint density at radius 3 is 2.52 bits per heavy atom. The summed E-state index contributed by atoms with van der Waals surface area (Å²) in [5.41, 5.74) is 1.92. The van der Waals surface area contributed by atoms with Gasteiger partial charge in [-0.2, -0.15) is 0 Å². The van der Waals surface area contributed by atoms with Crippen LogP contribution in [-0.4, -0.2) is 23.6 Å². The number of aryl methyl sites for hydroxylation is 1. The van der Waals surface area contributed by atoms with Gasteiger partial charge in [0.1, 0.15) is 11.6 Å². The molecule has 2 aromatic rings. The van der Waals surface area contributed by atoms with Crippen molar-refractivity contribution in [2.75, 3.05) is 6.61 Å². The minimum absolute atomic E-state index is 0.0763. The van der Waals surface area contributed by atoms with E-state index in [0.29, 0.717) is 36.4 Å². The van der Waals surface area contributed by atoms with E-state index in [1.54, 1.807) is 19.1 Å². The van der Waals surface area contributed by atoms with Gasteiger partial charge in [0.05, 0.1) is 6.61 Å². The van der Waals surface area contributed by atoms with Crippen LogP contribution in [-0.2, 0) is 11.3 Å². The van der Waals surface area contributed by atoms with E-state index in [1.165, 1.54) is 18.2 Å². The first-order valence-corrected chi connectivity index (χ1v) is 7.93. The zero-order valence-electron chi connectivity index (χ0n) is 13.9. The fourth-order valence-corrected chi connectivity index (χ4v) is 2.28. The maximum absolute atomic E-state index is 13.1. The van der Waals surface area contributed by atoms with Gasteiger partial charge in [0.15, 0.2) is 0 Å². The number of nitrogens with one attached hydrogen (secondary N) is 1. The fourth-order valence-electron chi connectivity index (χ4n) is 2.28. The topological polar surface area (TPSA) is 75.6 Å². The van der Waals surface area contributed by atoms with Crippen molar-refractivity contribution in [2.24, 2.45) is 0 Å². The molecule has 0 aliphatic rings. The van der Waals surface area contributed by atoms with Gasteiger partial charge in [0, 0.05) is 18.5 Å². The normalized spacial score (nSPS) is 10.3. The van der Waals surface area contributed by atoms with Crippen LogP contribution in [0.4, 0.5) is 4.39 Å². The first-order valence-electron chi connectivity index (χ1n) is 7.93. The fraction of sp³-hybridized carbons (Fsp3) is 0.263. The van der Waals surface area contributed by atoms with Gasteiger partial charge in [-0.25, -0.2) is 4.39 Å². The van der Waals surface area contributed by atoms with E-state index >= 15 is 0 Å². The number of halogens is 1. The van der Waals surface area contributed by atoms with E-state index in [4.69, 9.17) is 9.84 Å². The van der Waals surface area contributed by atoms with Crippen molar-refractivity contribution in [1.29, 1.82) is 0 Å². The smallest absolute Gasteiger partial charge is 0.303 e. The number of hydrogen-bond donors (Lipinski definition) is 2. The quantitative estimate of drug-likeness (QED) is 0.720. The molecule has 2 rings (SSSR count). The van der Waals surface area contributed by atoms with Crippen molar-refractivity contribution in [3.8, 4) is 5.75 Å². The SMILES string of the molecule is Cc1cc(F)ccc1C(=O)NCc1ccc(OCCCC(=O)O)cc1. The minimum atomic E-state index is -0.842. The average molecular weight is 345 g/mol. The highest BCUT2D eigenvalue weighted by atomic mass is 19.1. The lowest BCUT2D eigenvalue weighted by atomic mass is 10.1. The summed E-state index contributed by atoms with van der Waals surface area (Å²) >= 11 is 0. The van der Waals surface area contributed by atoms with Gasteiger partial charge in [0.2, 0.25) is 0 Å². The molecule has 2 N–H and O–H groups in total. The van der Waals surface area contributed by atoms with Gasteiger partial charge in [-0.3, -0.25) is 9.59 Å². The Kier molecular flexibility index (Phi) is 6.51. The van der Waals surface area contributed by atoms with Gasteiger partial charge in [-0.05, 0) is 54.8 Å². The molecule has 0 saturated heterocycles. The number of aliphatic carboxylic acids is 1. The van der Waals surface area contributed by atoms with Crippen LogP contribution in [0, 0.1) is 12.7 Å². The van der Waals surface area contributed by atoms with E-state index in [0.717, 1.165) is 5.56 Å². The molecule has 0 fully saturated rings. The van der Waals surface area contributed by atoms with Crippen LogP contribution in [0.5, 0.6) is 5.75 Å². The molecule has 0 radical (unpaired) electrons. The molecule has 132 valence electrons. The monoisotopic (exact) mass is 345 g/mol. The minimum Gasteiger partial charge on any atom is -0.494 e. The molecule has 0 atom stereocenters. The Balaban J connectivity index is 1.82. The molecule has 0 aromatic heterocycles. The van der Waals surface area contributed by atoms with Crippen LogP contribution in [0.25, 0.3) is 0 Å². The van der Waals surface area contributed by atoms with Crippen LogP contribution >= 0.6 is 0 Å². The van der Waals surface area contributed by atoms with E-state index in [2.05, 4.69) is 5.32 Å². The third-order valence-electron chi connectivity index (χ3n) is 3.61. The van der Waals surface area contributed by atoms with Gasteiger partial charge in [-0.15, -0.1) is 0 Å². The maximum Gasteiger partial charge on any atom is 0.303 e. The Morgan fingerprint density at radius 1 is 1.16 bits per heavy atom. The molecule has 1 amide bonds. The third-order valence-corrected chi connectivity index (χ3v) is 3.61. The molecular formula is C19H20FNO4. The summed E-state index contributed by atoms with van der Waals surface area (Å²) < 4.78 is 18.5. The summed E-state index contributed by atoms with van der Waals surface area (Å²) in [7, 11) is 0. The van der Waals surface area contributed by atoms with Gasteiger partial charge < -0.3 is 15.2 Å². The second-order valence-corrected chi connectivity index (χ2v) is 5.63. The Hall–Kier alpha value is -2.89. The molecule has 0 aliphatic carbocycles. The second kappa shape index (κ2) is 8.82. The third kappa shape index (κ3) is 5.91. The van der Waals surface area contributed by atoms with Crippen molar-refractivity contribution >= 4 is 11.9 Å². The Labute approximate surface area is 145 Å². The van der Waals surface area contributed by atoms with E-state index in [-0.39, 0.29) is 18.1 Å². The zero-order valence-corrected chi connectivity index (χ0v) is 13.9. The number of carboxylic acid groups (broad SMARTS) is 1.